The Balaban J connectivity index is 1.64. The van der Waals surface area contributed by atoms with Crippen LogP contribution in [0.2, 0.25) is 0 Å². The summed E-state index contributed by atoms with van der Waals surface area (Å²) >= 11 is 1.63. The topological polar surface area (TPSA) is 42.4 Å². The highest BCUT2D eigenvalue weighted by Gasteiger charge is 2.24. The lowest BCUT2D eigenvalue weighted by Gasteiger charge is -2.31. The van der Waals surface area contributed by atoms with Gasteiger partial charge in [-0.15, -0.1) is 0 Å². The van der Waals surface area contributed by atoms with Crippen LogP contribution in [0, 0.1) is 13.8 Å². The monoisotopic (exact) mass is 332 g/mol. The van der Waals surface area contributed by atoms with E-state index < -0.39 is 0 Å². The van der Waals surface area contributed by atoms with Crippen molar-refractivity contribution in [1.29, 1.82) is 0 Å². The van der Waals surface area contributed by atoms with Gasteiger partial charge < -0.3 is 9.64 Å². The number of rotatable bonds is 4. The lowest BCUT2D eigenvalue weighted by Crippen LogP contribution is -2.41. The molecule has 0 unspecified atom stereocenters. The maximum Gasteiger partial charge on any atom is 0.274 e. The third kappa shape index (κ3) is 3.50. The Labute approximate surface area is 141 Å². The SMILES string of the molecule is CCCC(=O)N1CCC(Oc2nc3c(C)ccc(C)c3s2)CC1. The van der Waals surface area contributed by atoms with Crippen molar-refractivity contribution in [3.8, 4) is 5.19 Å². The number of hydrogen-bond donors (Lipinski definition) is 0. The molecular formula is C18H24N2O2S. The standard InChI is InChI=1S/C18H24N2O2S/c1-4-5-15(21)20-10-8-14(9-11-20)22-18-19-16-12(2)6-7-13(3)17(16)23-18/h6-7,14H,4-5,8-11H2,1-3H3. The Morgan fingerprint density at radius 1 is 1.30 bits per heavy atom. The van der Waals surface area contributed by atoms with Gasteiger partial charge in [-0.2, -0.15) is 0 Å². The largest absolute Gasteiger partial charge is 0.467 e. The number of nitrogens with zero attached hydrogens (tertiary/aromatic N) is 2. The Morgan fingerprint density at radius 3 is 2.65 bits per heavy atom. The molecule has 0 radical (unpaired) electrons. The highest BCUT2D eigenvalue weighted by Crippen LogP contribution is 2.33. The molecule has 2 aromatic rings. The first kappa shape index (κ1) is 16.2. The van der Waals surface area contributed by atoms with Crippen LogP contribution in [0.15, 0.2) is 12.1 Å². The Kier molecular flexibility index (Phi) is 4.85. The smallest absolute Gasteiger partial charge is 0.274 e. The molecule has 2 heterocycles. The molecule has 0 N–H and O–H groups in total. The van der Waals surface area contributed by atoms with Gasteiger partial charge in [-0.05, 0) is 31.4 Å². The number of carbonyl (C=O) groups excluding carboxylic acids is 1. The minimum Gasteiger partial charge on any atom is -0.467 e. The molecule has 1 aliphatic heterocycles. The van der Waals surface area contributed by atoms with Gasteiger partial charge >= 0.3 is 0 Å². The van der Waals surface area contributed by atoms with Crippen LogP contribution in [0.4, 0.5) is 0 Å². The number of aromatic nitrogens is 1. The van der Waals surface area contributed by atoms with Gasteiger partial charge in [0, 0.05) is 32.4 Å². The second-order valence-corrected chi connectivity index (χ2v) is 7.27. The van der Waals surface area contributed by atoms with Crippen LogP contribution in [-0.4, -0.2) is 35.0 Å². The van der Waals surface area contributed by atoms with Crippen molar-refractivity contribution in [3.63, 3.8) is 0 Å². The van der Waals surface area contributed by atoms with Crippen LogP contribution in [0.3, 0.4) is 0 Å². The van der Waals surface area contributed by atoms with Crippen LogP contribution in [0.5, 0.6) is 5.19 Å². The van der Waals surface area contributed by atoms with E-state index in [1.807, 2.05) is 11.8 Å². The van der Waals surface area contributed by atoms with E-state index in [-0.39, 0.29) is 12.0 Å². The Bertz CT molecular complexity index is 663. The molecule has 0 atom stereocenters. The van der Waals surface area contributed by atoms with Crippen LogP contribution in [0.1, 0.15) is 43.7 Å². The van der Waals surface area contributed by atoms with E-state index in [4.69, 9.17) is 4.74 Å². The second-order valence-electron chi connectivity index (χ2n) is 6.30. The predicted molar refractivity (Wildman–Crippen MR) is 94.2 cm³/mol. The van der Waals surface area contributed by atoms with E-state index in [0.29, 0.717) is 6.42 Å². The molecule has 1 aromatic heterocycles. The van der Waals surface area contributed by atoms with Gasteiger partial charge in [-0.3, -0.25) is 4.79 Å². The summed E-state index contributed by atoms with van der Waals surface area (Å²) in [6.07, 6.45) is 3.52. The third-order valence-electron chi connectivity index (χ3n) is 4.45. The third-order valence-corrected chi connectivity index (χ3v) is 5.53. The molecule has 124 valence electrons. The van der Waals surface area contributed by atoms with Crippen molar-refractivity contribution >= 4 is 27.5 Å². The number of piperidine rings is 1. The molecule has 0 spiro atoms. The van der Waals surface area contributed by atoms with Crippen LogP contribution in [0.25, 0.3) is 10.2 Å². The molecule has 0 bridgehead atoms. The van der Waals surface area contributed by atoms with E-state index in [2.05, 4.69) is 31.0 Å². The van der Waals surface area contributed by atoms with Crippen molar-refractivity contribution < 1.29 is 9.53 Å². The lowest BCUT2D eigenvalue weighted by atomic mass is 10.1. The van der Waals surface area contributed by atoms with Crippen molar-refractivity contribution in [2.45, 2.75) is 52.6 Å². The van der Waals surface area contributed by atoms with Gasteiger partial charge in [-0.25, -0.2) is 4.98 Å². The molecule has 3 rings (SSSR count). The molecule has 0 aliphatic carbocycles. The first-order valence-corrected chi connectivity index (χ1v) is 9.21. The predicted octanol–water partition coefficient (Wildman–Crippen LogP) is 4.08. The Hall–Kier alpha value is -1.62. The van der Waals surface area contributed by atoms with Crippen LogP contribution < -0.4 is 4.74 Å². The normalized spacial score (nSPS) is 16.0. The number of ether oxygens (including phenoxy) is 1. The number of hydrogen-bond acceptors (Lipinski definition) is 4. The van der Waals surface area contributed by atoms with E-state index in [1.165, 1.54) is 15.8 Å². The summed E-state index contributed by atoms with van der Waals surface area (Å²) in [5.74, 6) is 0.275. The van der Waals surface area contributed by atoms with Crippen LogP contribution >= 0.6 is 11.3 Å². The zero-order chi connectivity index (χ0) is 16.4. The molecule has 4 nitrogen and oxygen atoms in total. The van der Waals surface area contributed by atoms with E-state index in [0.717, 1.165) is 43.1 Å². The molecule has 0 saturated carbocycles. The van der Waals surface area contributed by atoms with E-state index >= 15 is 0 Å². The van der Waals surface area contributed by atoms with Crippen molar-refractivity contribution in [2.75, 3.05) is 13.1 Å². The molecule has 1 aromatic carbocycles. The van der Waals surface area contributed by atoms with Crippen LogP contribution in [-0.2, 0) is 4.79 Å². The molecular weight excluding hydrogens is 308 g/mol. The average Bonchev–Trinajstić information content (AvgIpc) is 2.97. The lowest BCUT2D eigenvalue weighted by molar-refractivity contribution is -0.133. The molecule has 1 saturated heterocycles. The molecule has 1 amide bonds. The van der Waals surface area contributed by atoms with E-state index in [9.17, 15) is 4.79 Å². The first-order valence-electron chi connectivity index (χ1n) is 8.39. The summed E-state index contributed by atoms with van der Waals surface area (Å²) in [6.45, 7) is 7.84. The van der Waals surface area contributed by atoms with Gasteiger partial charge in [0.15, 0.2) is 0 Å². The zero-order valence-corrected chi connectivity index (χ0v) is 14.9. The van der Waals surface area contributed by atoms with Gasteiger partial charge in [-0.1, -0.05) is 30.4 Å². The number of fused-ring (bicyclic) bond motifs is 1. The van der Waals surface area contributed by atoms with E-state index in [1.54, 1.807) is 11.3 Å². The summed E-state index contributed by atoms with van der Waals surface area (Å²) in [5, 5.41) is 0.760. The fourth-order valence-corrected chi connectivity index (χ4v) is 4.06. The van der Waals surface area contributed by atoms with Gasteiger partial charge in [0.1, 0.15) is 6.10 Å². The summed E-state index contributed by atoms with van der Waals surface area (Å²) < 4.78 is 7.33. The van der Waals surface area contributed by atoms with Crippen molar-refractivity contribution in [3.05, 3.63) is 23.3 Å². The number of aryl methyl sites for hydroxylation is 2. The maximum absolute atomic E-state index is 11.9. The zero-order valence-electron chi connectivity index (χ0n) is 14.1. The maximum atomic E-state index is 11.9. The van der Waals surface area contributed by atoms with Crippen molar-refractivity contribution in [1.82, 2.24) is 9.88 Å². The van der Waals surface area contributed by atoms with Gasteiger partial charge in [0.25, 0.3) is 5.19 Å². The summed E-state index contributed by atoms with van der Waals surface area (Å²) in [7, 11) is 0. The quantitative estimate of drug-likeness (QED) is 0.847. The second kappa shape index (κ2) is 6.87. The molecule has 1 aliphatic rings. The summed E-state index contributed by atoms with van der Waals surface area (Å²) in [6, 6.07) is 4.25. The minimum atomic E-state index is 0.168. The number of carbonyl (C=O) groups is 1. The summed E-state index contributed by atoms with van der Waals surface area (Å²) in [5.41, 5.74) is 3.50. The molecule has 5 heteroatoms. The number of benzene rings is 1. The van der Waals surface area contributed by atoms with Crippen molar-refractivity contribution in [2.24, 2.45) is 0 Å². The highest BCUT2D eigenvalue weighted by molar-refractivity contribution is 7.20. The summed E-state index contributed by atoms with van der Waals surface area (Å²) in [4.78, 5) is 18.6. The van der Waals surface area contributed by atoms with Gasteiger partial charge in [0.05, 0.1) is 10.2 Å². The Morgan fingerprint density at radius 2 is 2.00 bits per heavy atom. The number of thiazole rings is 1. The molecule has 23 heavy (non-hydrogen) atoms. The van der Waals surface area contributed by atoms with Gasteiger partial charge in [0.2, 0.25) is 5.91 Å². The highest BCUT2D eigenvalue weighted by atomic mass is 32.1. The fourth-order valence-electron chi connectivity index (χ4n) is 3.03. The number of likely N-dealkylation sites (tertiary alicyclic amines) is 1. The fraction of sp³-hybridized carbons (Fsp3) is 0.556. The minimum absolute atomic E-state index is 0.168. The average molecular weight is 332 g/mol. The number of amides is 1. The molecule has 1 fully saturated rings. The first-order chi connectivity index (χ1) is 11.1.